The van der Waals surface area contributed by atoms with Crippen LogP contribution in [0.3, 0.4) is 0 Å². The van der Waals surface area contributed by atoms with Crippen LogP contribution >= 0.6 is 0 Å². The summed E-state index contributed by atoms with van der Waals surface area (Å²) in [6.45, 7) is 7.07. The van der Waals surface area contributed by atoms with Crippen molar-refractivity contribution in [2.45, 2.75) is 64.7 Å². The lowest BCUT2D eigenvalue weighted by Crippen LogP contribution is -2.28. The first-order valence-electron chi connectivity index (χ1n) is 17.0. The number of hydrogen-bond acceptors (Lipinski definition) is 5. The van der Waals surface area contributed by atoms with Gasteiger partial charge in [0.1, 0.15) is 0 Å². The molecule has 1 aromatic heterocycles. The van der Waals surface area contributed by atoms with Crippen molar-refractivity contribution in [2.75, 3.05) is 20.2 Å². The van der Waals surface area contributed by atoms with E-state index in [1.807, 2.05) is 54.3 Å². The van der Waals surface area contributed by atoms with E-state index in [0.717, 1.165) is 44.2 Å². The number of aromatic amines is 1. The van der Waals surface area contributed by atoms with Gasteiger partial charge in [-0.1, -0.05) is 38.1 Å². The van der Waals surface area contributed by atoms with Gasteiger partial charge in [-0.2, -0.15) is 4.39 Å². The molecule has 1 saturated heterocycles. The Morgan fingerprint density at radius 1 is 1.04 bits per heavy atom. The molecule has 0 saturated carbocycles. The van der Waals surface area contributed by atoms with E-state index < -0.39 is 11.6 Å². The average molecular weight is 667 g/mol. The zero-order chi connectivity index (χ0) is 34.9. The van der Waals surface area contributed by atoms with Crippen molar-refractivity contribution in [1.82, 2.24) is 9.88 Å². The maximum atomic E-state index is 15.0. The molecule has 1 aliphatic rings. The summed E-state index contributed by atoms with van der Waals surface area (Å²) in [6.07, 6.45) is 9.85. The lowest BCUT2D eigenvalue weighted by atomic mass is 9.94. The number of methoxy groups -OCH3 is 1. The van der Waals surface area contributed by atoms with Crippen LogP contribution in [0.5, 0.6) is 5.75 Å². The number of aryl methyl sites for hydroxylation is 1. The normalized spacial score (nSPS) is 14.7. The molecule has 0 unspecified atom stereocenters. The number of amides is 1. The number of ketones is 1. The summed E-state index contributed by atoms with van der Waals surface area (Å²) in [5, 5.41) is 8.95. The minimum atomic E-state index is -1.04. The molecule has 3 aromatic carbocycles. The SMILES string of the molecule is C=CC(=N)CCCCCC(=O)N1CC[C@@H](CCC(=O)c2ccc(N=c3ccccc4c(-c5ccc(OC)c(F)c5F)c[nH]c34)cc2CC)C1. The number of halogens is 2. The standard InChI is InChI=1S/C40H44F2N4O3/c1-4-27-23-29(45-34-13-10-9-12-32-33(24-44-40(32)34)31-18-20-36(49-3)39(42)38(31)41)16-17-30(27)35(47)19-15-26-21-22-46(25-26)37(48)14-8-6-7-11-28(43)5-2/h5,9-10,12-13,16-18,20,23-24,26,43-44H,2,4,6-8,11,14-15,19,21-22,25H2,1,3H3/t26-/m1/s1. The van der Waals surface area contributed by atoms with Crippen LogP contribution in [-0.2, 0) is 11.2 Å². The van der Waals surface area contributed by atoms with Crippen molar-refractivity contribution in [3.63, 3.8) is 0 Å². The second kappa shape index (κ2) is 16.5. The highest BCUT2D eigenvalue weighted by molar-refractivity contribution is 5.98. The second-order valence-electron chi connectivity index (χ2n) is 12.6. The Kier molecular flexibility index (Phi) is 11.9. The third-order valence-electron chi connectivity index (χ3n) is 9.38. The van der Waals surface area contributed by atoms with Crippen molar-refractivity contribution >= 4 is 34.0 Å². The van der Waals surface area contributed by atoms with Gasteiger partial charge in [0.25, 0.3) is 0 Å². The van der Waals surface area contributed by atoms with E-state index >= 15 is 4.39 Å². The van der Waals surface area contributed by atoms with E-state index in [1.54, 1.807) is 12.3 Å². The number of rotatable bonds is 15. The third-order valence-corrected chi connectivity index (χ3v) is 9.38. The Labute approximate surface area is 286 Å². The lowest BCUT2D eigenvalue weighted by molar-refractivity contribution is -0.130. The summed E-state index contributed by atoms with van der Waals surface area (Å²) in [6, 6.07) is 15.9. The number of fused-ring (bicyclic) bond motifs is 1. The van der Waals surface area contributed by atoms with Crippen LogP contribution in [0.4, 0.5) is 14.5 Å². The first-order valence-corrected chi connectivity index (χ1v) is 17.0. The van der Waals surface area contributed by atoms with Crippen LogP contribution in [0, 0.1) is 23.0 Å². The first-order chi connectivity index (χ1) is 23.7. The fourth-order valence-corrected chi connectivity index (χ4v) is 6.56. The Bertz CT molecular complexity index is 1930. The van der Waals surface area contributed by atoms with Crippen molar-refractivity contribution in [3.8, 4) is 16.9 Å². The third kappa shape index (κ3) is 8.39. The Morgan fingerprint density at radius 2 is 1.84 bits per heavy atom. The molecular weight excluding hydrogens is 622 g/mol. The summed E-state index contributed by atoms with van der Waals surface area (Å²) < 4.78 is 34.5. The number of Topliss-reactive ketones (excluding diaryl/α,β-unsaturated/α-hetero) is 1. The molecule has 7 nitrogen and oxygen atoms in total. The molecular formula is C40H44F2N4O3. The molecule has 256 valence electrons. The van der Waals surface area contributed by atoms with E-state index in [9.17, 15) is 14.0 Å². The lowest BCUT2D eigenvalue weighted by Gasteiger charge is -2.16. The van der Waals surface area contributed by atoms with Gasteiger partial charge < -0.3 is 20.0 Å². The van der Waals surface area contributed by atoms with E-state index in [1.165, 1.54) is 19.2 Å². The quantitative estimate of drug-likeness (QED) is 0.0753. The number of likely N-dealkylation sites (tertiary alicyclic amines) is 1. The van der Waals surface area contributed by atoms with Crippen molar-refractivity contribution in [2.24, 2.45) is 10.9 Å². The number of benzene rings is 2. The van der Waals surface area contributed by atoms with Crippen LogP contribution in [0.1, 0.15) is 74.2 Å². The molecule has 1 aliphatic heterocycles. The van der Waals surface area contributed by atoms with Gasteiger partial charge in [0, 0.05) is 59.9 Å². The molecule has 49 heavy (non-hydrogen) atoms. The van der Waals surface area contributed by atoms with Crippen LogP contribution in [0.25, 0.3) is 22.0 Å². The number of carbonyl (C=O) groups excluding carboxylic acids is 2. The van der Waals surface area contributed by atoms with Gasteiger partial charge in [0.2, 0.25) is 11.7 Å². The maximum absolute atomic E-state index is 15.0. The number of hydrogen-bond donors (Lipinski definition) is 2. The number of allylic oxidation sites excluding steroid dienone is 1. The molecule has 5 rings (SSSR count). The van der Waals surface area contributed by atoms with E-state index in [-0.39, 0.29) is 23.0 Å². The van der Waals surface area contributed by atoms with Crippen LogP contribution in [-0.4, -0.2) is 47.5 Å². The highest BCUT2D eigenvalue weighted by atomic mass is 19.2. The first kappa shape index (κ1) is 35.4. The zero-order valence-corrected chi connectivity index (χ0v) is 28.3. The van der Waals surface area contributed by atoms with Gasteiger partial charge >= 0.3 is 0 Å². The molecule has 0 spiro atoms. The molecule has 2 N–H and O–H groups in total. The Balaban J connectivity index is 1.24. The van der Waals surface area contributed by atoms with Gasteiger partial charge in [-0.15, -0.1) is 0 Å². The van der Waals surface area contributed by atoms with Crippen LogP contribution < -0.4 is 10.1 Å². The molecule has 4 aromatic rings. The van der Waals surface area contributed by atoms with E-state index in [4.69, 9.17) is 15.1 Å². The number of H-pyrrole nitrogens is 1. The number of carbonyl (C=O) groups is 2. The van der Waals surface area contributed by atoms with Gasteiger partial charge in [-0.3, -0.25) is 9.59 Å². The van der Waals surface area contributed by atoms with E-state index in [2.05, 4.69) is 11.6 Å². The van der Waals surface area contributed by atoms with E-state index in [0.29, 0.717) is 76.9 Å². The molecule has 9 heteroatoms. The van der Waals surface area contributed by atoms with Gasteiger partial charge in [-0.25, -0.2) is 9.38 Å². The summed E-state index contributed by atoms with van der Waals surface area (Å²) in [7, 11) is 1.30. The fraction of sp³-hybridized carbons (Fsp3) is 0.350. The minimum Gasteiger partial charge on any atom is -0.494 e. The van der Waals surface area contributed by atoms with Gasteiger partial charge in [-0.05, 0) is 92.5 Å². The highest BCUT2D eigenvalue weighted by Crippen LogP contribution is 2.33. The van der Waals surface area contributed by atoms with Crippen molar-refractivity contribution in [3.05, 3.63) is 102 Å². The second-order valence-corrected chi connectivity index (χ2v) is 12.6. The smallest absolute Gasteiger partial charge is 0.222 e. The summed E-state index contributed by atoms with van der Waals surface area (Å²) in [4.78, 5) is 36.1. The number of unbranched alkanes of at least 4 members (excludes halogenated alkanes) is 2. The van der Waals surface area contributed by atoms with Gasteiger partial charge in [0.15, 0.2) is 17.3 Å². The predicted molar refractivity (Wildman–Crippen MR) is 191 cm³/mol. The Hall–Kier alpha value is -4.92. The Morgan fingerprint density at radius 3 is 2.61 bits per heavy atom. The number of aromatic nitrogens is 1. The number of nitrogens with one attached hydrogen (secondary N) is 2. The van der Waals surface area contributed by atoms with Crippen LogP contribution in [0.2, 0.25) is 0 Å². The van der Waals surface area contributed by atoms with Crippen molar-refractivity contribution in [1.29, 1.82) is 5.41 Å². The molecule has 0 bridgehead atoms. The van der Waals surface area contributed by atoms with Crippen LogP contribution in [0.15, 0.2) is 78.4 Å². The van der Waals surface area contributed by atoms with Crippen molar-refractivity contribution < 1.29 is 23.1 Å². The van der Waals surface area contributed by atoms with Gasteiger partial charge in [0.05, 0.1) is 23.7 Å². The molecule has 1 atom stereocenters. The molecule has 0 aliphatic carbocycles. The fourth-order valence-electron chi connectivity index (χ4n) is 6.56. The monoisotopic (exact) mass is 666 g/mol. The number of nitrogens with zero attached hydrogens (tertiary/aromatic N) is 2. The predicted octanol–water partition coefficient (Wildman–Crippen LogP) is 8.88. The topological polar surface area (TPSA) is 98.6 Å². The molecule has 0 radical (unpaired) electrons. The summed E-state index contributed by atoms with van der Waals surface area (Å²) >= 11 is 0. The zero-order valence-electron chi connectivity index (χ0n) is 28.3. The largest absolute Gasteiger partial charge is 0.494 e. The summed E-state index contributed by atoms with van der Waals surface area (Å²) in [5.74, 6) is -1.59. The minimum absolute atomic E-state index is 0.0922. The molecule has 1 amide bonds. The summed E-state index contributed by atoms with van der Waals surface area (Å²) in [5.41, 5.74) is 4.12. The molecule has 2 heterocycles. The average Bonchev–Trinajstić information content (AvgIpc) is 3.72. The number of ether oxygens (including phenoxy) is 1. The molecule has 1 fully saturated rings. The maximum Gasteiger partial charge on any atom is 0.222 e. The highest BCUT2D eigenvalue weighted by Gasteiger charge is 2.26.